The summed E-state index contributed by atoms with van der Waals surface area (Å²) in [7, 11) is 0. The van der Waals surface area contributed by atoms with E-state index in [2.05, 4.69) is 11.8 Å². The van der Waals surface area contributed by atoms with E-state index in [4.69, 9.17) is 10.5 Å². The summed E-state index contributed by atoms with van der Waals surface area (Å²) in [6.07, 6.45) is 4.04. The van der Waals surface area contributed by atoms with E-state index in [1.54, 1.807) is 0 Å². The number of nitrogens with two attached hydrogens (primary N) is 1. The molecule has 1 atom stereocenters. The summed E-state index contributed by atoms with van der Waals surface area (Å²) in [6, 6.07) is 8.07. The standard InChI is InChI=1S/C16H26N2O/c1-2-3-15-8-9-18(13-15)10-11-19-16-6-4-14(12-17)5-7-16/h4-7,15H,2-3,8-13,17H2,1H3. The van der Waals surface area contributed by atoms with E-state index in [1.165, 1.54) is 32.4 Å². The van der Waals surface area contributed by atoms with Crippen LogP contribution in [0.5, 0.6) is 5.75 Å². The minimum Gasteiger partial charge on any atom is -0.492 e. The third-order valence-electron chi connectivity index (χ3n) is 3.90. The Kier molecular flexibility index (Phi) is 5.67. The van der Waals surface area contributed by atoms with Gasteiger partial charge in [-0.3, -0.25) is 4.90 Å². The van der Waals surface area contributed by atoms with Gasteiger partial charge in [-0.1, -0.05) is 25.5 Å². The fourth-order valence-electron chi connectivity index (χ4n) is 2.77. The van der Waals surface area contributed by atoms with Crippen molar-refractivity contribution in [2.75, 3.05) is 26.2 Å². The number of hydrogen-bond donors (Lipinski definition) is 1. The molecule has 0 saturated carbocycles. The predicted molar refractivity (Wildman–Crippen MR) is 79.3 cm³/mol. The summed E-state index contributed by atoms with van der Waals surface area (Å²) in [5, 5.41) is 0. The van der Waals surface area contributed by atoms with Gasteiger partial charge in [-0.05, 0) is 43.0 Å². The second-order valence-electron chi connectivity index (χ2n) is 5.44. The second-order valence-corrected chi connectivity index (χ2v) is 5.44. The highest BCUT2D eigenvalue weighted by molar-refractivity contribution is 5.27. The highest BCUT2D eigenvalue weighted by atomic mass is 16.5. The fraction of sp³-hybridized carbons (Fsp3) is 0.625. The molecule has 1 aromatic carbocycles. The molecule has 106 valence electrons. The van der Waals surface area contributed by atoms with Crippen LogP contribution in [-0.4, -0.2) is 31.1 Å². The molecule has 1 saturated heterocycles. The van der Waals surface area contributed by atoms with Gasteiger partial charge in [-0.25, -0.2) is 0 Å². The molecule has 1 heterocycles. The van der Waals surface area contributed by atoms with Gasteiger partial charge in [-0.15, -0.1) is 0 Å². The van der Waals surface area contributed by atoms with Gasteiger partial charge in [-0.2, -0.15) is 0 Å². The molecule has 3 heteroatoms. The van der Waals surface area contributed by atoms with Gasteiger partial charge in [0.1, 0.15) is 12.4 Å². The van der Waals surface area contributed by atoms with Gasteiger partial charge < -0.3 is 10.5 Å². The quantitative estimate of drug-likeness (QED) is 0.821. The molecule has 0 radical (unpaired) electrons. The van der Waals surface area contributed by atoms with E-state index in [-0.39, 0.29) is 0 Å². The molecule has 1 aromatic rings. The summed E-state index contributed by atoms with van der Waals surface area (Å²) in [4.78, 5) is 2.52. The van der Waals surface area contributed by atoms with Crippen LogP contribution in [0.4, 0.5) is 0 Å². The number of rotatable bonds is 7. The van der Waals surface area contributed by atoms with Gasteiger partial charge in [0.15, 0.2) is 0 Å². The van der Waals surface area contributed by atoms with Gasteiger partial charge in [0, 0.05) is 19.6 Å². The Balaban J connectivity index is 1.66. The molecule has 1 aliphatic rings. The maximum atomic E-state index is 5.78. The molecule has 0 aromatic heterocycles. The fourth-order valence-corrected chi connectivity index (χ4v) is 2.77. The Morgan fingerprint density at radius 3 is 2.79 bits per heavy atom. The van der Waals surface area contributed by atoms with Gasteiger partial charge in [0.05, 0.1) is 0 Å². The molecular weight excluding hydrogens is 236 g/mol. The van der Waals surface area contributed by atoms with Crippen LogP contribution in [0.15, 0.2) is 24.3 Å². The van der Waals surface area contributed by atoms with Gasteiger partial charge in [0.25, 0.3) is 0 Å². The number of ether oxygens (including phenoxy) is 1. The monoisotopic (exact) mass is 262 g/mol. The highest BCUT2D eigenvalue weighted by Crippen LogP contribution is 2.20. The van der Waals surface area contributed by atoms with Gasteiger partial charge in [0.2, 0.25) is 0 Å². The third kappa shape index (κ3) is 4.51. The number of benzene rings is 1. The van der Waals surface area contributed by atoms with E-state index in [9.17, 15) is 0 Å². The summed E-state index contributed by atoms with van der Waals surface area (Å²) in [6.45, 7) is 7.17. The van der Waals surface area contributed by atoms with Crippen molar-refractivity contribution in [2.24, 2.45) is 11.7 Å². The van der Waals surface area contributed by atoms with Crippen molar-refractivity contribution in [3.63, 3.8) is 0 Å². The lowest BCUT2D eigenvalue weighted by atomic mass is 10.0. The maximum Gasteiger partial charge on any atom is 0.119 e. The number of hydrogen-bond acceptors (Lipinski definition) is 3. The van der Waals surface area contributed by atoms with Crippen molar-refractivity contribution in [3.8, 4) is 5.75 Å². The summed E-state index contributed by atoms with van der Waals surface area (Å²) in [5.74, 6) is 1.86. The van der Waals surface area contributed by atoms with Crippen molar-refractivity contribution in [1.29, 1.82) is 0 Å². The van der Waals surface area contributed by atoms with Crippen molar-refractivity contribution in [3.05, 3.63) is 29.8 Å². The molecule has 2 N–H and O–H groups in total. The Labute approximate surface area is 116 Å². The molecule has 19 heavy (non-hydrogen) atoms. The molecule has 0 bridgehead atoms. The lowest BCUT2D eigenvalue weighted by Crippen LogP contribution is -2.26. The first-order valence-electron chi connectivity index (χ1n) is 7.46. The molecule has 0 spiro atoms. The number of nitrogens with zero attached hydrogens (tertiary/aromatic N) is 1. The lowest BCUT2D eigenvalue weighted by molar-refractivity contribution is 0.232. The Bertz CT molecular complexity index is 364. The zero-order valence-corrected chi connectivity index (χ0v) is 12.0. The largest absolute Gasteiger partial charge is 0.492 e. The Morgan fingerprint density at radius 1 is 1.32 bits per heavy atom. The first kappa shape index (κ1) is 14.4. The topological polar surface area (TPSA) is 38.5 Å². The summed E-state index contributed by atoms with van der Waals surface area (Å²) in [5.41, 5.74) is 6.72. The van der Waals surface area contributed by atoms with Crippen molar-refractivity contribution < 1.29 is 4.74 Å². The van der Waals surface area contributed by atoms with Crippen LogP contribution in [0.25, 0.3) is 0 Å². The van der Waals surface area contributed by atoms with E-state index in [0.29, 0.717) is 6.54 Å². The van der Waals surface area contributed by atoms with Crippen LogP contribution in [0.1, 0.15) is 31.7 Å². The van der Waals surface area contributed by atoms with Crippen LogP contribution in [-0.2, 0) is 6.54 Å². The van der Waals surface area contributed by atoms with Crippen LogP contribution in [0.3, 0.4) is 0 Å². The maximum absolute atomic E-state index is 5.78. The molecule has 1 unspecified atom stereocenters. The van der Waals surface area contributed by atoms with Crippen LogP contribution in [0, 0.1) is 5.92 Å². The van der Waals surface area contributed by atoms with Crippen molar-refractivity contribution >= 4 is 0 Å². The minimum atomic E-state index is 0.590. The smallest absolute Gasteiger partial charge is 0.119 e. The first-order valence-corrected chi connectivity index (χ1v) is 7.46. The van der Waals surface area contributed by atoms with E-state index in [1.807, 2.05) is 24.3 Å². The Morgan fingerprint density at radius 2 is 2.11 bits per heavy atom. The molecule has 0 amide bonds. The van der Waals surface area contributed by atoms with E-state index >= 15 is 0 Å². The summed E-state index contributed by atoms with van der Waals surface area (Å²) >= 11 is 0. The SMILES string of the molecule is CCCC1CCN(CCOc2ccc(CN)cc2)C1. The number of likely N-dealkylation sites (tertiary alicyclic amines) is 1. The van der Waals surface area contributed by atoms with Crippen LogP contribution < -0.4 is 10.5 Å². The normalized spacial score (nSPS) is 19.8. The van der Waals surface area contributed by atoms with Crippen LogP contribution in [0.2, 0.25) is 0 Å². The average Bonchev–Trinajstić information content (AvgIpc) is 2.88. The average molecular weight is 262 g/mol. The molecular formula is C16H26N2O. The van der Waals surface area contributed by atoms with E-state index < -0.39 is 0 Å². The Hall–Kier alpha value is -1.06. The van der Waals surface area contributed by atoms with Crippen molar-refractivity contribution in [1.82, 2.24) is 4.90 Å². The summed E-state index contributed by atoms with van der Waals surface area (Å²) < 4.78 is 5.78. The highest BCUT2D eigenvalue weighted by Gasteiger charge is 2.20. The molecule has 0 aliphatic carbocycles. The zero-order chi connectivity index (χ0) is 13.5. The second kappa shape index (κ2) is 7.51. The molecule has 1 fully saturated rings. The van der Waals surface area contributed by atoms with E-state index in [0.717, 1.165) is 30.4 Å². The third-order valence-corrected chi connectivity index (χ3v) is 3.90. The lowest BCUT2D eigenvalue weighted by Gasteiger charge is -2.16. The molecule has 1 aliphatic heterocycles. The minimum absolute atomic E-state index is 0.590. The van der Waals surface area contributed by atoms with Crippen LogP contribution >= 0.6 is 0 Å². The predicted octanol–water partition coefficient (Wildman–Crippen LogP) is 2.65. The molecule has 2 rings (SSSR count). The zero-order valence-electron chi connectivity index (χ0n) is 12.0. The first-order chi connectivity index (χ1) is 9.31. The van der Waals surface area contributed by atoms with Crippen molar-refractivity contribution in [2.45, 2.75) is 32.7 Å². The molecule has 3 nitrogen and oxygen atoms in total. The van der Waals surface area contributed by atoms with Gasteiger partial charge >= 0.3 is 0 Å².